The van der Waals surface area contributed by atoms with Gasteiger partial charge in [0.1, 0.15) is 11.5 Å². The first-order valence-electron chi connectivity index (χ1n) is 9.50. The van der Waals surface area contributed by atoms with E-state index >= 15 is 0 Å². The van der Waals surface area contributed by atoms with E-state index in [-0.39, 0.29) is 24.4 Å². The van der Waals surface area contributed by atoms with Gasteiger partial charge in [-0.2, -0.15) is 0 Å². The molecule has 7 heteroatoms. The zero-order valence-corrected chi connectivity index (χ0v) is 16.0. The van der Waals surface area contributed by atoms with Crippen molar-refractivity contribution in [2.75, 3.05) is 40.4 Å². The highest BCUT2D eigenvalue weighted by Gasteiger charge is 2.34. The molecule has 2 atom stereocenters. The SMILES string of the molecule is COc1ccc(OC)c(C2CCCN2C(=O)CN2CCCC(C(=O)O)C2)c1. The topological polar surface area (TPSA) is 79.3 Å². The molecule has 27 heavy (non-hydrogen) atoms. The van der Waals surface area contributed by atoms with Crippen LogP contribution in [0.2, 0.25) is 0 Å². The van der Waals surface area contributed by atoms with Gasteiger partial charge in [-0.25, -0.2) is 0 Å². The average Bonchev–Trinajstić information content (AvgIpc) is 3.17. The minimum Gasteiger partial charge on any atom is -0.497 e. The first kappa shape index (κ1) is 19.5. The van der Waals surface area contributed by atoms with Crippen LogP contribution < -0.4 is 9.47 Å². The van der Waals surface area contributed by atoms with E-state index in [0.717, 1.165) is 42.9 Å². The molecule has 0 spiro atoms. The predicted octanol–water partition coefficient (Wildman–Crippen LogP) is 2.16. The number of benzene rings is 1. The van der Waals surface area contributed by atoms with Gasteiger partial charge in [0.05, 0.1) is 32.7 Å². The van der Waals surface area contributed by atoms with Gasteiger partial charge in [0.2, 0.25) is 5.91 Å². The Bertz CT molecular complexity index is 693. The molecule has 0 bridgehead atoms. The number of amides is 1. The van der Waals surface area contributed by atoms with Crippen LogP contribution in [0, 0.1) is 5.92 Å². The van der Waals surface area contributed by atoms with Crippen LogP contribution in [-0.2, 0) is 9.59 Å². The molecule has 7 nitrogen and oxygen atoms in total. The molecule has 1 aromatic carbocycles. The fraction of sp³-hybridized carbons (Fsp3) is 0.600. The molecule has 0 saturated carbocycles. The van der Waals surface area contributed by atoms with E-state index in [1.807, 2.05) is 28.0 Å². The normalized spacial score (nSPS) is 23.3. The van der Waals surface area contributed by atoms with Crippen molar-refractivity contribution in [3.8, 4) is 11.5 Å². The lowest BCUT2D eigenvalue weighted by Gasteiger charge is -2.33. The van der Waals surface area contributed by atoms with Crippen molar-refractivity contribution >= 4 is 11.9 Å². The summed E-state index contributed by atoms with van der Waals surface area (Å²) >= 11 is 0. The lowest BCUT2D eigenvalue weighted by Crippen LogP contribution is -2.45. The lowest BCUT2D eigenvalue weighted by atomic mass is 9.98. The Morgan fingerprint density at radius 1 is 1.15 bits per heavy atom. The van der Waals surface area contributed by atoms with Crippen LogP contribution in [0.1, 0.15) is 37.3 Å². The highest BCUT2D eigenvalue weighted by Crippen LogP contribution is 2.39. The molecule has 2 aliphatic rings. The van der Waals surface area contributed by atoms with Crippen LogP contribution in [0.15, 0.2) is 18.2 Å². The molecule has 2 saturated heterocycles. The summed E-state index contributed by atoms with van der Waals surface area (Å²) in [4.78, 5) is 28.1. The number of likely N-dealkylation sites (tertiary alicyclic amines) is 2. The molecule has 0 aromatic heterocycles. The molecular formula is C20H28N2O5. The number of nitrogens with zero attached hydrogens (tertiary/aromatic N) is 2. The summed E-state index contributed by atoms with van der Waals surface area (Å²) in [6.07, 6.45) is 3.33. The number of carbonyl (C=O) groups is 2. The summed E-state index contributed by atoms with van der Waals surface area (Å²) in [7, 11) is 3.25. The number of hydrogen-bond donors (Lipinski definition) is 1. The molecule has 2 fully saturated rings. The number of hydrogen-bond acceptors (Lipinski definition) is 5. The van der Waals surface area contributed by atoms with E-state index in [9.17, 15) is 14.7 Å². The highest BCUT2D eigenvalue weighted by molar-refractivity contribution is 5.79. The van der Waals surface area contributed by atoms with Crippen molar-refractivity contribution in [3.63, 3.8) is 0 Å². The Morgan fingerprint density at radius 2 is 1.93 bits per heavy atom. The summed E-state index contributed by atoms with van der Waals surface area (Å²) in [5.74, 6) is 0.398. The Morgan fingerprint density at radius 3 is 2.63 bits per heavy atom. The van der Waals surface area contributed by atoms with Crippen LogP contribution >= 0.6 is 0 Å². The Hall–Kier alpha value is -2.28. The van der Waals surface area contributed by atoms with Crippen LogP contribution in [0.25, 0.3) is 0 Å². The van der Waals surface area contributed by atoms with E-state index in [4.69, 9.17) is 9.47 Å². The first-order chi connectivity index (χ1) is 13.0. The molecular weight excluding hydrogens is 348 g/mol. The number of methoxy groups -OCH3 is 2. The maximum absolute atomic E-state index is 13.0. The average molecular weight is 376 g/mol. The molecule has 3 rings (SSSR count). The molecule has 1 amide bonds. The summed E-state index contributed by atoms with van der Waals surface area (Å²) < 4.78 is 10.8. The zero-order valence-electron chi connectivity index (χ0n) is 16.0. The number of carboxylic acid groups (broad SMARTS) is 1. The highest BCUT2D eigenvalue weighted by atomic mass is 16.5. The second-order valence-electron chi connectivity index (χ2n) is 7.27. The van der Waals surface area contributed by atoms with Gasteiger partial charge in [-0.05, 0) is 50.4 Å². The number of piperidine rings is 1. The van der Waals surface area contributed by atoms with Gasteiger partial charge in [0, 0.05) is 18.7 Å². The van der Waals surface area contributed by atoms with Crippen molar-refractivity contribution in [2.24, 2.45) is 5.92 Å². The number of carboxylic acids is 1. The van der Waals surface area contributed by atoms with Gasteiger partial charge >= 0.3 is 5.97 Å². The smallest absolute Gasteiger partial charge is 0.307 e. The predicted molar refractivity (Wildman–Crippen MR) is 100 cm³/mol. The van der Waals surface area contributed by atoms with Crippen LogP contribution in [-0.4, -0.2) is 67.2 Å². The first-order valence-corrected chi connectivity index (χ1v) is 9.50. The van der Waals surface area contributed by atoms with Gasteiger partial charge in [0.25, 0.3) is 0 Å². The monoisotopic (exact) mass is 376 g/mol. The molecule has 1 N–H and O–H groups in total. The van der Waals surface area contributed by atoms with Crippen LogP contribution in [0.5, 0.6) is 11.5 Å². The van der Waals surface area contributed by atoms with E-state index in [0.29, 0.717) is 19.5 Å². The number of aliphatic carboxylic acids is 1. The quantitative estimate of drug-likeness (QED) is 0.820. The maximum atomic E-state index is 13.0. The standard InChI is InChI=1S/C20H28N2O5/c1-26-15-7-8-18(27-2)16(11-15)17-6-4-10-22(17)19(23)13-21-9-3-5-14(12-21)20(24)25/h7-8,11,14,17H,3-6,9-10,12-13H2,1-2H3,(H,24,25). The van der Waals surface area contributed by atoms with Gasteiger partial charge in [-0.1, -0.05) is 0 Å². The van der Waals surface area contributed by atoms with Gasteiger partial charge < -0.3 is 19.5 Å². The third-order valence-electron chi connectivity index (χ3n) is 5.58. The van der Waals surface area contributed by atoms with E-state index in [2.05, 4.69) is 0 Å². The van der Waals surface area contributed by atoms with Crippen LogP contribution in [0.4, 0.5) is 0 Å². The molecule has 1 aromatic rings. The van der Waals surface area contributed by atoms with Crippen molar-refractivity contribution in [2.45, 2.75) is 31.7 Å². The maximum Gasteiger partial charge on any atom is 0.307 e. The van der Waals surface area contributed by atoms with Gasteiger partial charge in [-0.3, -0.25) is 14.5 Å². The molecule has 2 unspecified atom stereocenters. The lowest BCUT2D eigenvalue weighted by molar-refractivity contribution is -0.145. The third-order valence-corrected chi connectivity index (χ3v) is 5.58. The number of rotatable bonds is 6. The van der Waals surface area contributed by atoms with E-state index in [1.165, 1.54) is 0 Å². The second kappa shape index (κ2) is 8.61. The second-order valence-corrected chi connectivity index (χ2v) is 7.27. The third kappa shape index (κ3) is 4.35. The summed E-state index contributed by atoms with van der Waals surface area (Å²) in [6.45, 7) is 2.20. The van der Waals surface area contributed by atoms with Crippen molar-refractivity contribution in [3.05, 3.63) is 23.8 Å². The van der Waals surface area contributed by atoms with E-state index in [1.54, 1.807) is 14.2 Å². The van der Waals surface area contributed by atoms with Gasteiger partial charge in [0.15, 0.2) is 0 Å². The number of ether oxygens (including phenoxy) is 2. The largest absolute Gasteiger partial charge is 0.497 e. The van der Waals surface area contributed by atoms with Crippen LogP contribution in [0.3, 0.4) is 0 Å². The molecule has 148 valence electrons. The Balaban J connectivity index is 1.72. The van der Waals surface area contributed by atoms with Crippen molar-refractivity contribution in [1.82, 2.24) is 9.80 Å². The zero-order chi connectivity index (χ0) is 19.4. The van der Waals surface area contributed by atoms with Gasteiger partial charge in [-0.15, -0.1) is 0 Å². The summed E-state index contributed by atoms with van der Waals surface area (Å²) in [5.41, 5.74) is 0.963. The van der Waals surface area contributed by atoms with Crippen molar-refractivity contribution < 1.29 is 24.2 Å². The van der Waals surface area contributed by atoms with Crippen molar-refractivity contribution in [1.29, 1.82) is 0 Å². The molecule has 2 heterocycles. The fourth-order valence-electron chi connectivity index (χ4n) is 4.17. The molecule has 0 radical (unpaired) electrons. The Kier molecular flexibility index (Phi) is 6.21. The Labute approximate surface area is 159 Å². The number of carbonyl (C=O) groups excluding carboxylic acids is 1. The van der Waals surface area contributed by atoms with E-state index < -0.39 is 5.97 Å². The molecule has 2 aliphatic heterocycles. The minimum atomic E-state index is -0.771. The summed E-state index contributed by atoms with van der Waals surface area (Å²) in [5, 5.41) is 9.25. The fourth-order valence-corrected chi connectivity index (χ4v) is 4.17. The summed E-state index contributed by atoms with van der Waals surface area (Å²) in [6, 6.07) is 5.62. The minimum absolute atomic E-state index is 0.0392. The molecule has 0 aliphatic carbocycles.